The molecule has 1 atom stereocenters. The van der Waals surface area contributed by atoms with Crippen molar-refractivity contribution in [2.24, 2.45) is 0 Å². The van der Waals surface area contributed by atoms with Gasteiger partial charge in [-0.05, 0) is 31.0 Å². The number of benzene rings is 2. The number of ether oxygens (including phenoxy) is 1. The molecule has 1 heterocycles. The highest BCUT2D eigenvalue weighted by atomic mass is 16.5. The van der Waals surface area contributed by atoms with Gasteiger partial charge in [-0.15, -0.1) is 0 Å². The van der Waals surface area contributed by atoms with Gasteiger partial charge in [0.2, 0.25) is 5.91 Å². The molecule has 1 aromatic heterocycles. The van der Waals surface area contributed by atoms with E-state index in [-0.39, 0.29) is 18.6 Å². The van der Waals surface area contributed by atoms with Gasteiger partial charge in [0, 0.05) is 13.7 Å². The number of para-hydroxylation sites is 2. The highest BCUT2D eigenvalue weighted by Gasteiger charge is 2.22. The zero-order valence-electron chi connectivity index (χ0n) is 14.6. The van der Waals surface area contributed by atoms with Crippen molar-refractivity contribution < 1.29 is 9.53 Å². The first kappa shape index (κ1) is 17.2. The molecule has 3 rings (SSSR count). The second kappa shape index (κ2) is 7.94. The van der Waals surface area contributed by atoms with Crippen molar-refractivity contribution >= 4 is 16.9 Å². The van der Waals surface area contributed by atoms with Gasteiger partial charge in [0.25, 0.3) is 0 Å². The number of imidazole rings is 1. The summed E-state index contributed by atoms with van der Waals surface area (Å²) < 4.78 is 7.13. The lowest BCUT2D eigenvalue weighted by molar-refractivity contribution is -0.125. The third kappa shape index (κ3) is 3.88. The van der Waals surface area contributed by atoms with Crippen LogP contribution < -0.4 is 5.32 Å². The first-order valence-electron chi connectivity index (χ1n) is 8.50. The van der Waals surface area contributed by atoms with Crippen molar-refractivity contribution in [2.75, 3.05) is 13.7 Å². The van der Waals surface area contributed by atoms with Gasteiger partial charge in [0.05, 0.1) is 17.1 Å². The Kier molecular flexibility index (Phi) is 5.46. The van der Waals surface area contributed by atoms with Crippen LogP contribution in [0.2, 0.25) is 0 Å². The van der Waals surface area contributed by atoms with Gasteiger partial charge in [0.1, 0.15) is 12.4 Å². The van der Waals surface area contributed by atoms with Crippen LogP contribution in [0.15, 0.2) is 54.6 Å². The minimum Gasteiger partial charge on any atom is -0.375 e. The standard InChI is InChI=1S/C20H23N3O2/c1-3-23-18-12-8-7-11-16(18)22-20(23)17(21-19(24)14-25-2)13-15-9-5-4-6-10-15/h4-12,17H,3,13-14H2,1-2H3,(H,21,24)/t17-/m0/s1. The molecule has 0 spiro atoms. The quantitative estimate of drug-likeness (QED) is 0.721. The van der Waals surface area contributed by atoms with E-state index < -0.39 is 0 Å². The minimum atomic E-state index is -0.211. The molecule has 0 saturated heterocycles. The van der Waals surface area contributed by atoms with Gasteiger partial charge >= 0.3 is 0 Å². The van der Waals surface area contributed by atoms with E-state index in [1.165, 1.54) is 7.11 Å². The molecule has 0 radical (unpaired) electrons. The first-order valence-corrected chi connectivity index (χ1v) is 8.50. The van der Waals surface area contributed by atoms with Crippen molar-refractivity contribution in [3.05, 3.63) is 66.0 Å². The Morgan fingerprint density at radius 3 is 2.60 bits per heavy atom. The number of carbonyl (C=O) groups excluding carboxylic acids is 1. The Balaban J connectivity index is 1.99. The van der Waals surface area contributed by atoms with Crippen LogP contribution in [0.25, 0.3) is 11.0 Å². The lowest BCUT2D eigenvalue weighted by Gasteiger charge is -2.20. The average molecular weight is 337 g/mol. The Morgan fingerprint density at radius 1 is 1.16 bits per heavy atom. The van der Waals surface area contributed by atoms with Gasteiger partial charge < -0.3 is 14.6 Å². The first-order chi connectivity index (χ1) is 12.2. The molecule has 130 valence electrons. The summed E-state index contributed by atoms with van der Waals surface area (Å²) in [4.78, 5) is 17.0. The predicted octanol–water partition coefficient (Wildman–Crippen LogP) is 3.10. The fourth-order valence-corrected chi connectivity index (χ4v) is 3.12. The van der Waals surface area contributed by atoms with E-state index in [0.29, 0.717) is 6.42 Å². The number of aryl methyl sites for hydroxylation is 1. The lowest BCUT2D eigenvalue weighted by Crippen LogP contribution is -2.34. The Bertz CT molecular complexity index is 843. The van der Waals surface area contributed by atoms with Gasteiger partial charge in [-0.25, -0.2) is 4.98 Å². The number of nitrogens with one attached hydrogen (secondary N) is 1. The number of fused-ring (bicyclic) bond motifs is 1. The van der Waals surface area contributed by atoms with Crippen LogP contribution >= 0.6 is 0 Å². The molecule has 1 N–H and O–H groups in total. The van der Waals surface area contributed by atoms with E-state index in [2.05, 4.69) is 35.0 Å². The molecule has 0 aliphatic rings. The summed E-state index contributed by atoms with van der Waals surface area (Å²) >= 11 is 0. The van der Waals surface area contributed by atoms with Gasteiger partial charge in [-0.1, -0.05) is 42.5 Å². The van der Waals surface area contributed by atoms with Crippen molar-refractivity contribution in [1.82, 2.24) is 14.9 Å². The molecule has 0 bridgehead atoms. The van der Waals surface area contributed by atoms with E-state index >= 15 is 0 Å². The molecule has 0 saturated carbocycles. The van der Waals surface area contributed by atoms with Crippen molar-refractivity contribution in [3.63, 3.8) is 0 Å². The number of carbonyl (C=O) groups is 1. The predicted molar refractivity (Wildman–Crippen MR) is 98.3 cm³/mol. The Morgan fingerprint density at radius 2 is 1.88 bits per heavy atom. The second-order valence-electron chi connectivity index (χ2n) is 5.95. The number of nitrogens with zero attached hydrogens (tertiary/aromatic N) is 2. The molecule has 0 aliphatic carbocycles. The van der Waals surface area contributed by atoms with Gasteiger partial charge in [-0.2, -0.15) is 0 Å². The van der Waals surface area contributed by atoms with E-state index in [0.717, 1.165) is 29.0 Å². The largest absolute Gasteiger partial charge is 0.375 e. The SMILES string of the molecule is CCn1c([C@H](Cc2ccccc2)NC(=O)COC)nc2ccccc21. The molecule has 0 aliphatic heterocycles. The summed E-state index contributed by atoms with van der Waals surface area (Å²) in [6, 6.07) is 18.0. The molecule has 1 amide bonds. The Labute approximate surface area is 147 Å². The maximum Gasteiger partial charge on any atom is 0.246 e. The zero-order valence-corrected chi connectivity index (χ0v) is 14.6. The Hall–Kier alpha value is -2.66. The summed E-state index contributed by atoms with van der Waals surface area (Å²) in [5.41, 5.74) is 3.18. The van der Waals surface area contributed by atoms with Crippen LogP contribution in [-0.4, -0.2) is 29.2 Å². The number of amides is 1. The van der Waals surface area contributed by atoms with E-state index in [9.17, 15) is 4.79 Å². The zero-order chi connectivity index (χ0) is 17.6. The minimum absolute atomic E-state index is 0.0393. The third-order valence-electron chi connectivity index (χ3n) is 4.21. The molecule has 5 heteroatoms. The highest BCUT2D eigenvalue weighted by molar-refractivity contribution is 5.79. The molecule has 0 unspecified atom stereocenters. The van der Waals surface area contributed by atoms with Crippen LogP contribution in [0.3, 0.4) is 0 Å². The maximum atomic E-state index is 12.2. The molecule has 5 nitrogen and oxygen atoms in total. The summed E-state index contributed by atoms with van der Waals surface area (Å²) in [6.45, 7) is 2.92. The van der Waals surface area contributed by atoms with Gasteiger partial charge in [-0.3, -0.25) is 4.79 Å². The molecule has 2 aromatic carbocycles. The fourth-order valence-electron chi connectivity index (χ4n) is 3.12. The van der Waals surface area contributed by atoms with Crippen LogP contribution in [0.4, 0.5) is 0 Å². The molecule has 0 fully saturated rings. The van der Waals surface area contributed by atoms with Crippen molar-refractivity contribution in [3.8, 4) is 0 Å². The van der Waals surface area contributed by atoms with Crippen LogP contribution in [0.5, 0.6) is 0 Å². The number of aromatic nitrogens is 2. The number of hydrogen-bond donors (Lipinski definition) is 1. The van der Waals surface area contributed by atoms with Crippen molar-refractivity contribution in [2.45, 2.75) is 25.9 Å². The normalized spacial score (nSPS) is 12.2. The smallest absolute Gasteiger partial charge is 0.246 e. The summed E-state index contributed by atoms with van der Waals surface area (Å²) in [6.07, 6.45) is 0.680. The maximum absolute atomic E-state index is 12.2. The highest BCUT2D eigenvalue weighted by Crippen LogP contribution is 2.23. The number of methoxy groups -OCH3 is 1. The summed E-state index contributed by atoms with van der Waals surface area (Å²) in [5.74, 6) is 0.732. The number of rotatable bonds is 7. The van der Waals surface area contributed by atoms with Gasteiger partial charge in [0.15, 0.2) is 0 Å². The van der Waals surface area contributed by atoms with E-state index in [1.54, 1.807) is 0 Å². The summed E-state index contributed by atoms with van der Waals surface area (Å²) in [5, 5.41) is 3.07. The lowest BCUT2D eigenvalue weighted by atomic mass is 10.1. The molecular weight excluding hydrogens is 314 g/mol. The third-order valence-corrected chi connectivity index (χ3v) is 4.21. The van der Waals surface area contributed by atoms with Crippen LogP contribution in [0.1, 0.15) is 24.4 Å². The number of hydrogen-bond acceptors (Lipinski definition) is 3. The van der Waals surface area contributed by atoms with Crippen LogP contribution in [0, 0.1) is 0 Å². The van der Waals surface area contributed by atoms with Crippen molar-refractivity contribution in [1.29, 1.82) is 0 Å². The second-order valence-corrected chi connectivity index (χ2v) is 5.95. The monoisotopic (exact) mass is 337 g/mol. The average Bonchev–Trinajstić information content (AvgIpc) is 3.01. The van der Waals surface area contributed by atoms with Crippen LogP contribution in [-0.2, 0) is 22.5 Å². The molecule has 3 aromatic rings. The molecule has 25 heavy (non-hydrogen) atoms. The molecular formula is C20H23N3O2. The topological polar surface area (TPSA) is 56.2 Å². The summed E-state index contributed by atoms with van der Waals surface area (Å²) in [7, 11) is 1.52. The van der Waals surface area contributed by atoms with E-state index in [1.807, 2.05) is 36.4 Å². The van der Waals surface area contributed by atoms with E-state index in [4.69, 9.17) is 9.72 Å². The fraction of sp³-hybridized carbons (Fsp3) is 0.300.